The van der Waals surface area contributed by atoms with Gasteiger partial charge in [-0.2, -0.15) is 0 Å². The monoisotopic (exact) mass is 284 g/mol. The highest BCUT2D eigenvalue weighted by Gasteiger charge is 2.26. The van der Waals surface area contributed by atoms with E-state index in [1.165, 1.54) is 12.1 Å². The third kappa shape index (κ3) is 2.77. The SMILES string of the molecule is C[C@@H]1CCNCCN1C(=O)c1ccc(O)c(O)c1Cl. The van der Waals surface area contributed by atoms with Crippen molar-refractivity contribution in [3.05, 3.63) is 22.7 Å². The summed E-state index contributed by atoms with van der Waals surface area (Å²) < 4.78 is 0. The molecule has 3 N–H and O–H groups in total. The van der Waals surface area contributed by atoms with Crippen molar-refractivity contribution in [2.24, 2.45) is 0 Å². The summed E-state index contributed by atoms with van der Waals surface area (Å²) in [4.78, 5) is 14.2. The molecule has 104 valence electrons. The molecule has 0 bridgehead atoms. The molecule has 0 spiro atoms. The molecule has 0 aromatic heterocycles. The summed E-state index contributed by atoms with van der Waals surface area (Å²) in [5.41, 5.74) is 0.214. The molecule has 5 nitrogen and oxygen atoms in total. The topological polar surface area (TPSA) is 72.8 Å². The molecular formula is C13H17ClN2O3. The first kappa shape index (κ1) is 14.0. The minimum atomic E-state index is -0.451. The standard InChI is InChI=1S/C13H17ClN2O3/c1-8-4-5-15-6-7-16(8)13(19)9-2-3-10(17)12(18)11(9)14/h2-3,8,15,17-18H,4-7H2,1H3/t8-/m1/s1. The molecule has 1 aromatic carbocycles. The Morgan fingerprint density at radius 2 is 2.16 bits per heavy atom. The molecule has 6 heteroatoms. The number of aromatic hydroxyl groups is 2. The summed E-state index contributed by atoms with van der Waals surface area (Å²) in [5, 5.41) is 22.1. The number of phenolic OH excluding ortho intramolecular Hbond substituents is 2. The van der Waals surface area contributed by atoms with Crippen LogP contribution >= 0.6 is 11.6 Å². The average molecular weight is 285 g/mol. The van der Waals surface area contributed by atoms with Crippen molar-refractivity contribution in [2.75, 3.05) is 19.6 Å². The summed E-state index contributed by atoms with van der Waals surface area (Å²) in [6, 6.07) is 2.81. The Kier molecular flexibility index (Phi) is 4.17. The lowest BCUT2D eigenvalue weighted by Crippen LogP contribution is -2.39. The zero-order chi connectivity index (χ0) is 14.0. The third-order valence-electron chi connectivity index (χ3n) is 3.39. The molecule has 0 radical (unpaired) electrons. The predicted octanol–water partition coefficient (Wildman–Crippen LogP) is 1.58. The number of benzene rings is 1. The number of amides is 1. The quantitative estimate of drug-likeness (QED) is 0.685. The summed E-state index contributed by atoms with van der Waals surface area (Å²) in [6.07, 6.45) is 0.868. The van der Waals surface area contributed by atoms with Crippen LogP contribution in [0.2, 0.25) is 5.02 Å². The Balaban J connectivity index is 2.30. The number of nitrogens with zero attached hydrogens (tertiary/aromatic N) is 1. The second-order valence-corrected chi connectivity index (χ2v) is 5.06. The third-order valence-corrected chi connectivity index (χ3v) is 3.77. The smallest absolute Gasteiger partial charge is 0.255 e. The van der Waals surface area contributed by atoms with Crippen molar-refractivity contribution in [1.82, 2.24) is 10.2 Å². The Morgan fingerprint density at radius 3 is 2.89 bits per heavy atom. The minimum absolute atomic E-state index is 0.102. The van der Waals surface area contributed by atoms with Crippen LogP contribution in [0.3, 0.4) is 0 Å². The number of hydrogen-bond donors (Lipinski definition) is 3. The van der Waals surface area contributed by atoms with E-state index in [-0.39, 0.29) is 28.3 Å². The molecule has 0 saturated carbocycles. The number of phenols is 2. The van der Waals surface area contributed by atoms with Crippen LogP contribution in [0.1, 0.15) is 23.7 Å². The van der Waals surface area contributed by atoms with E-state index < -0.39 is 5.75 Å². The fourth-order valence-electron chi connectivity index (χ4n) is 2.19. The van der Waals surface area contributed by atoms with E-state index in [1.54, 1.807) is 4.90 Å². The average Bonchev–Trinajstić information content (AvgIpc) is 2.60. The van der Waals surface area contributed by atoms with E-state index in [2.05, 4.69) is 5.32 Å². The van der Waals surface area contributed by atoms with E-state index in [4.69, 9.17) is 11.6 Å². The number of carbonyl (C=O) groups is 1. The van der Waals surface area contributed by atoms with Crippen LogP contribution in [-0.4, -0.2) is 46.7 Å². The fourth-order valence-corrected chi connectivity index (χ4v) is 2.43. The van der Waals surface area contributed by atoms with Crippen LogP contribution in [0, 0.1) is 0 Å². The van der Waals surface area contributed by atoms with Gasteiger partial charge < -0.3 is 20.4 Å². The van der Waals surface area contributed by atoms with Crippen LogP contribution in [-0.2, 0) is 0 Å². The van der Waals surface area contributed by atoms with E-state index in [9.17, 15) is 15.0 Å². The minimum Gasteiger partial charge on any atom is -0.504 e. The summed E-state index contributed by atoms with van der Waals surface area (Å²) in [7, 11) is 0. The van der Waals surface area contributed by atoms with Gasteiger partial charge in [0.1, 0.15) is 0 Å². The van der Waals surface area contributed by atoms with Crippen molar-refractivity contribution in [3.63, 3.8) is 0 Å². The molecule has 1 aromatic rings. The molecule has 1 fully saturated rings. The highest BCUT2D eigenvalue weighted by Crippen LogP contribution is 2.36. The van der Waals surface area contributed by atoms with Gasteiger partial charge in [-0.05, 0) is 32.0 Å². The molecule has 19 heavy (non-hydrogen) atoms. The highest BCUT2D eigenvalue weighted by molar-refractivity contribution is 6.35. The van der Waals surface area contributed by atoms with E-state index in [0.29, 0.717) is 6.54 Å². The van der Waals surface area contributed by atoms with Crippen LogP contribution in [0.5, 0.6) is 11.5 Å². The fraction of sp³-hybridized carbons (Fsp3) is 0.462. The molecule has 1 atom stereocenters. The van der Waals surface area contributed by atoms with Crippen LogP contribution in [0.15, 0.2) is 12.1 Å². The van der Waals surface area contributed by atoms with Gasteiger partial charge in [-0.15, -0.1) is 0 Å². The van der Waals surface area contributed by atoms with Gasteiger partial charge in [-0.3, -0.25) is 4.79 Å². The number of carbonyl (C=O) groups excluding carboxylic acids is 1. The molecule has 1 amide bonds. The summed E-state index contributed by atoms with van der Waals surface area (Å²) in [6.45, 7) is 4.19. The predicted molar refractivity (Wildman–Crippen MR) is 72.8 cm³/mol. The molecule has 1 saturated heterocycles. The lowest BCUT2D eigenvalue weighted by atomic mass is 10.1. The maximum absolute atomic E-state index is 12.5. The maximum atomic E-state index is 12.5. The number of hydrogen-bond acceptors (Lipinski definition) is 4. The first-order valence-electron chi connectivity index (χ1n) is 6.24. The zero-order valence-electron chi connectivity index (χ0n) is 10.7. The second kappa shape index (κ2) is 5.67. The Labute approximate surface area is 116 Å². The molecule has 1 aliphatic rings. The molecule has 0 unspecified atom stereocenters. The second-order valence-electron chi connectivity index (χ2n) is 4.68. The summed E-state index contributed by atoms with van der Waals surface area (Å²) in [5.74, 6) is -1.00. The first-order valence-corrected chi connectivity index (χ1v) is 6.62. The van der Waals surface area contributed by atoms with Gasteiger partial charge >= 0.3 is 0 Å². The molecule has 1 heterocycles. The van der Waals surface area contributed by atoms with Gasteiger partial charge in [-0.25, -0.2) is 0 Å². The van der Waals surface area contributed by atoms with Crippen LogP contribution < -0.4 is 5.32 Å². The molecular weight excluding hydrogens is 268 g/mol. The van der Waals surface area contributed by atoms with Gasteiger partial charge in [0.15, 0.2) is 11.5 Å². The van der Waals surface area contributed by atoms with Crippen molar-refractivity contribution < 1.29 is 15.0 Å². The van der Waals surface area contributed by atoms with Crippen LogP contribution in [0.25, 0.3) is 0 Å². The van der Waals surface area contributed by atoms with Gasteiger partial charge in [0, 0.05) is 19.1 Å². The molecule has 2 rings (SSSR count). The van der Waals surface area contributed by atoms with Gasteiger partial charge in [0.05, 0.1) is 10.6 Å². The lowest BCUT2D eigenvalue weighted by Gasteiger charge is -2.27. The maximum Gasteiger partial charge on any atom is 0.255 e. The van der Waals surface area contributed by atoms with Crippen molar-refractivity contribution in [3.8, 4) is 11.5 Å². The Morgan fingerprint density at radius 1 is 1.42 bits per heavy atom. The lowest BCUT2D eigenvalue weighted by molar-refractivity contribution is 0.0704. The molecule has 1 aliphatic heterocycles. The van der Waals surface area contributed by atoms with Crippen molar-refractivity contribution >= 4 is 17.5 Å². The largest absolute Gasteiger partial charge is 0.504 e. The van der Waals surface area contributed by atoms with E-state index in [0.717, 1.165) is 19.5 Å². The summed E-state index contributed by atoms with van der Waals surface area (Å²) >= 11 is 5.93. The number of rotatable bonds is 1. The Bertz CT molecular complexity index is 493. The zero-order valence-corrected chi connectivity index (χ0v) is 11.4. The highest BCUT2D eigenvalue weighted by atomic mass is 35.5. The van der Waals surface area contributed by atoms with E-state index in [1.807, 2.05) is 6.92 Å². The van der Waals surface area contributed by atoms with Gasteiger partial charge in [-0.1, -0.05) is 11.6 Å². The number of nitrogens with one attached hydrogen (secondary N) is 1. The van der Waals surface area contributed by atoms with Gasteiger partial charge in [0.25, 0.3) is 5.91 Å². The van der Waals surface area contributed by atoms with Crippen molar-refractivity contribution in [1.29, 1.82) is 0 Å². The first-order chi connectivity index (χ1) is 9.02. The van der Waals surface area contributed by atoms with Gasteiger partial charge in [0.2, 0.25) is 0 Å². The number of halogens is 1. The van der Waals surface area contributed by atoms with E-state index >= 15 is 0 Å². The normalized spacial score (nSPS) is 20.1. The van der Waals surface area contributed by atoms with Crippen LogP contribution in [0.4, 0.5) is 0 Å². The Hall–Kier alpha value is -1.46. The molecule has 0 aliphatic carbocycles. The van der Waals surface area contributed by atoms with Crippen molar-refractivity contribution in [2.45, 2.75) is 19.4 Å².